The third-order valence-corrected chi connectivity index (χ3v) is 25.8. The minimum atomic E-state index is -1.52. The number of nitrogens with one attached hydrogen (secondary N) is 22. The van der Waals surface area contributed by atoms with Gasteiger partial charge in [0.05, 0.1) is 6.04 Å². The summed E-state index contributed by atoms with van der Waals surface area (Å²) in [4.78, 5) is 211. The molecule has 2 aliphatic heterocycles. The number of fused-ring (bicyclic) bond motifs is 4. The molecule has 0 radical (unpaired) electrons. The summed E-state index contributed by atoms with van der Waals surface area (Å²) in [7, 11) is 0. The number of benzene rings is 4. The second-order valence-electron chi connectivity index (χ2n) is 36.1. The highest BCUT2D eigenvalue weighted by atomic mass is 16.2. The van der Waals surface area contributed by atoms with Crippen molar-refractivity contribution < 1.29 is 62.3 Å². The van der Waals surface area contributed by atoms with Gasteiger partial charge in [-0.15, -0.1) is 0 Å². The van der Waals surface area contributed by atoms with E-state index in [1.165, 1.54) is 9.80 Å². The van der Waals surface area contributed by atoms with Crippen LogP contribution in [0.15, 0.2) is 122 Å². The highest BCUT2D eigenvalue weighted by Gasteiger charge is 2.45. The molecule has 14 atom stereocenters. The van der Waals surface area contributed by atoms with E-state index in [0.29, 0.717) is 111 Å². The van der Waals surface area contributed by atoms with Crippen molar-refractivity contribution in [1.82, 2.24) is 104 Å². The molecule has 10 rings (SSSR count). The second kappa shape index (κ2) is 53.9. The van der Waals surface area contributed by atoms with E-state index in [2.05, 4.69) is 94.4 Å². The molecule has 45 heteroatoms. The first-order chi connectivity index (χ1) is 67.7. The van der Waals surface area contributed by atoms with E-state index in [4.69, 9.17) is 67.5 Å². The Morgan fingerprint density at radius 1 is 0.348 bits per heavy atom. The third kappa shape index (κ3) is 31.6. The summed E-state index contributed by atoms with van der Waals surface area (Å²) in [6.07, 6.45) is 9.52. The van der Waals surface area contributed by atoms with Crippen LogP contribution in [0.1, 0.15) is 158 Å². The number of unbranched alkanes of at least 4 members (excludes halogenated alkanes) is 2. The van der Waals surface area contributed by atoms with Crippen LogP contribution in [0.3, 0.4) is 0 Å². The zero-order chi connectivity index (χ0) is 102. The van der Waals surface area contributed by atoms with Gasteiger partial charge in [0.1, 0.15) is 72.5 Å². The zero-order valence-electron chi connectivity index (χ0n) is 79.9. The molecule has 0 spiro atoms. The van der Waals surface area contributed by atoms with Gasteiger partial charge in [-0.3, -0.25) is 84.0 Å². The van der Waals surface area contributed by atoms with Crippen LogP contribution in [0.2, 0.25) is 0 Å². The molecule has 6 heterocycles. The minimum absolute atomic E-state index is 0.0192. The Labute approximate surface area is 816 Å². The molecule has 0 bridgehead atoms. The Kier molecular flexibility index (Phi) is 41.3. The number of hydrogen-bond acceptors (Lipinski definition) is 20. The lowest BCUT2D eigenvalue weighted by Crippen LogP contribution is -2.61. The molecule has 45 nitrogen and oxygen atoms in total. The van der Waals surface area contributed by atoms with E-state index >= 15 is 38.4 Å². The van der Waals surface area contributed by atoms with E-state index in [-0.39, 0.29) is 185 Å². The van der Waals surface area contributed by atoms with Crippen LogP contribution in [-0.4, -0.2) is 261 Å². The predicted molar refractivity (Wildman–Crippen MR) is 536 cm³/mol. The molecule has 38 N–H and O–H groups in total. The van der Waals surface area contributed by atoms with Gasteiger partial charge in [0.25, 0.3) is 0 Å². The van der Waals surface area contributed by atoms with Crippen molar-refractivity contribution in [3.63, 3.8) is 0 Å². The number of likely N-dealkylation sites (tertiary alicyclic amines) is 2. The molecule has 4 aromatic heterocycles. The largest absolute Gasteiger partial charge is 0.370 e. The van der Waals surface area contributed by atoms with Crippen LogP contribution in [0, 0.1) is 27.6 Å². The van der Waals surface area contributed by atoms with Gasteiger partial charge >= 0.3 is 0 Å². The molecule has 141 heavy (non-hydrogen) atoms. The monoisotopic (exact) mass is 1950 g/mol. The number of nitrogens with zero attached hydrogens (tertiary/aromatic N) is 2. The molecular weight excluding hydrogens is 1810 g/mol. The molecule has 2 fully saturated rings. The first-order valence-electron chi connectivity index (χ1n) is 48.4. The Morgan fingerprint density at radius 2 is 0.603 bits per heavy atom. The number of guanidine groups is 4. The number of amides is 13. The van der Waals surface area contributed by atoms with E-state index in [1.807, 2.05) is 85.8 Å². The van der Waals surface area contributed by atoms with Crippen LogP contribution in [0.4, 0.5) is 0 Å². The average Bonchev–Trinajstić information content (AvgIpc) is 1.30. The van der Waals surface area contributed by atoms with Crippen LogP contribution in [-0.2, 0) is 88.0 Å². The highest BCUT2D eigenvalue weighted by Crippen LogP contribution is 2.29. The third-order valence-electron chi connectivity index (χ3n) is 25.8. The van der Waals surface area contributed by atoms with Crippen molar-refractivity contribution in [2.45, 2.75) is 240 Å². The van der Waals surface area contributed by atoms with Gasteiger partial charge in [0, 0.05) is 133 Å². The Balaban J connectivity index is 0.946. The first kappa shape index (κ1) is 108. The van der Waals surface area contributed by atoms with Crippen molar-refractivity contribution in [3.05, 3.63) is 144 Å². The molecule has 762 valence electrons. The van der Waals surface area contributed by atoms with Crippen molar-refractivity contribution in [3.8, 4) is 0 Å². The number of aromatic amines is 4. The SMILES string of the molecule is CC[C@H](C)[C@H](N)C(=O)N[C@@H](CCCCN)C(=O)N[C@@H](CCCNC(=N)N)C(=O)N[C@@H](CCCNC(=N)N)C(=O)N[C@@H](Cc1c[nH]c2ccccc12)C(=O)N1CCC[C@H]1C(=O)N[C@@H](Cc1c[nH]c2ccccc12)C(=O)N[C@@H](Cc1c[nH]c2ccccc12)C(=O)N1CCC[C@H]1C(=O)N[C@@H](Cc1c[nH]c2ccccc12)C(=O)N[C@@H](CCCNC(=N)N)C(=O)N[C@@H](CCCNC(=N)N)C(=O)N[C@@H](CCCCN)C(N)=O. The molecule has 2 saturated heterocycles. The number of nitrogens with two attached hydrogens (primary N) is 8. The molecule has 4 aromatic carbocycles. The standard InChI is InChI=1S/C96H140N32O13/c1-3-54(2)79(99)90(139)122-68(31-13-15-39-98)82(131)119-70(33-17-41-110-94(103)104)83(132)120-72(35-19-43-112-96(107)108)85(134)125-75(48-57-52-115-65-28-10-6-24-61(57)65)91(140)127-44-20-37-78(127)89(138)124-74(47-56-51-114-64-27-9-5-23-60(56)64)87(136)126-76(49-58-53-116-66-29-11-7-25-62(58)66)92(141)128-45-21-36-77(128)88(137)123-73(46-55-50-113-63-26-8-4-22-59(55)63)86(135)121-71(34-18-42-111-95(105)106)84(133)118-69(32-16-40-109-93(101)102)81(130)117-67(80(100)129)30-12-14-38-97/h4-11,22-29,50-54,67-79,113-116H,3,12-21,30-49,97-99H2,1-2H3,(H2,100,129)(H,117,130)(H,118,133)(H,119,131)(H,120,132)(H,121,135)(H,122,139)(H,123,137)(H,124,138)(H,125,134)(H,126,136)(H4,101,102,109)(H4,103,104,110)(H4,105,106,111)(H4,107,108,112)/t54-,67-,68-,69-,70-,71-,72-,73-,74-,75-,76-,77-,78-,79-/m0/s1. The van der Waals surface area contributed by atoms with Crippen LogP contribution in [0.25, 0.3) is 43.6 Å². The molecule has 8 aromatic rings. The normalized spacial score (nSPS) is 16.1. The highest BCUT2D eigenvalue weighted by molar-refractivity contribution is 6.02. The Bertz CT molecular complexity index is 5670. The van der Waals surface area contributed by atoms with Gasteiger partial charge in [-0.2, -0.15) is 0 Å². The fourth-order valence-corrected chi connectivity index (χ4v) is 17.9. The van der Waals surface area contributed by atoms with Gasteiger partial charge in [-0.25, -0.2) is 0 Å². The summed E-state index contributed by atoms with van der Waals surface area (Å²) < 4.78 is 0. The van der Waals surface area contributed by atoms with Crippen LogP contribution in [0.5, 0.6) is 0 Å². The number of primary amides is 1. The summed E-state index contributed by atoms with van der Waals surface area (Å²) in [6.45, 7) is 4.54. The smallest absolute Gasteiger partial charge is 0.246 e. The van der Waals surface area contributed by atoms with Crippen molar-refractivity contribution >= 4 is 144 Å². The minimum Gasteiger partial charge on any atom is -0.370 e. The quantitative estimate of drug-likeness (QED) is 0.0122. The summed E-state index contributed by atoms with van der Waals surface area (Å²) in [5, 5.41) is 73.3. The lowest BCUT2D eigenvalue weighted by atomic mass is 9.98. The molecule has 0 unspecified atom stereocenters. The first-order valence-corrected chi connectivity index (χ1v) is 48.4. The molecule has 13 amide bonds. The Morgan fingerprint density at radius 3 is 0.887 bits per heavy atom. The van der Waals surface area contributed by atoms with E-state index in [9.17, 15) is 24.0 Å². The molecule has 0 aliphatic carbocycles. The fourth-order valence-electron chi connectivity index (χ4n) is 17.9. The Hall–Kier alpha value is -14.9. The van der Waals surface area contributed by atoms with E-state index in [0.717, 1.165) is 0 Å². The van der Waals surface area contributed by atoms with Gasteiger partial charge < -0.3 is 150 Å². The van der Waals surface area contributed by atoms with E-state index in [1.54, 1.807) is 49.9 Å². The molecule has 0 saturated carbocycles. The van der Waals surface area contributed by atoms with Crippen molar-refractivity contribution in [1.29, 1.82) is 21.6 Å². The predicted octanol–water partition coefficient (Wildman–Crippen LogP) is -1.12. The lowest BCUT2D eigenvalue weighted by Gasteiger charge is -2.32. The number of para-hydroxylation sites is 4. The summed E-state index contributed by atoms with van der Waals surface area (Å²) in [5.41, 5.74) is 51.3. The van der Waals surface area contributed by atoms with Crippen molar-refractivity contribution in [2.75, 3.05) is 52.4 Å². The fraction of sp³-hybridized carbons (Fsp3) is 0.490. The maximum atomic E-state index is 16.2. The lowest BCUT2D eigenvalue weighted by molar-refractivity contribution is -0.143. The van der Waals surface area contributed by atoms with Gasteiger partial charge in [0.15, 0.2) is 23.8 Å². The number of aromatic nitrogens is 4. The molecule has 2 aliphatic rings. The average molecular weight is 1950 g/mol. The number of carbonyl (C=O) groups is 13. The number of carbonyl (C=O) groups excluding carboxylic acids is 13. The zero-order valence-corrected chi connectivity index (χ0v) is 79.9. The van der Waals surface area contributed by atoms with Crippen LogP contribution >= 0.6 is 0 Å². The topological polar surface area (TPSA) is 764 Å². The maximum Gasteiger partial charge on any atom is 0.246 e. The number of hydrogen-bond donors (Lipinski definition) is 30. The van der Waals surface area contributed by atoms with Crippen LogP contribution < -0.4 is 120 Å². The van der Waals surface area contributed by atoms with Crippen molar-refractivity contribution in [2.24, 2.45) is 51.8 Å². The summed E-state index contributed by atoms with van der Waals surface area (Å²) in [5.74, 6) is -11.9. The maximum absolute atomic E-state index is 16.2. The summed E-state index contributed by atoms with van der Waals surface area (Å²) in [6, 6.07) is 11.5. The van der Waals surface area contributed by atoms with E-state index < -0.39 is 155 Å². The van der Waals surface area contributed by atoms with Gasteiger partial charge in [-0.05, 0) is 181 Å². The molecular formula is C96H140N32O13. The number of rotatable bonds is 57. The second-order valence-corrected chi connectivity index (χ2v) is 36.1. The van der Waals surface area contributed by atoms with Gasteiger partial charge in [0.2, 0.25) is 76.8 Å². The summed E-state index contributed by atoms with van der Waals surface area (Å²) >= 11 is 0. The number of H-pyrrole nitrogens is 4. The van der Waals surface area contributed by atoms with Gasteiger partial charge in [-0.1, -0.05) is 93.1 Å².